The average molecular weight is 554 g/mol. The second-order valence-electron chi connectivity index (χ2n) is 9.36. The molecule has 10 heteroatoms. The smallest absolute Gasteiger partial charge is 0.263 e. The number of nitrogens with one attached hydrogen (secondary N) is 1. The van der Waals surface area contributed by atoms with Crippen LogP contribution in [0.4, 0.5) is 5.69 Å². The van der Waals surface area contributed by atoms with E-state index in [0.29, 0.717) is 35.8 Å². The van der Waals surface area contributed by atoms with Crippen LogP contribution in [0.1, 0.15) is 18.4 Å². The number of carbonyl (C=O) groups excluding carboxylic acids is 2. The topological polar surface area (TPSA) is 96.0 Å². The molecule has 5 rings (SSSR count). The zero-order valence-corrected chi connectivity index (χ0v) is 22.2. The molecule has 1 fully saturated rings. The second-order valence-corrected chi connectivity index (χ2v) is 11.7. The van der Waals surface area contributed by atoms with Crippen LogP contribution in [0.25, 0.3) is 0 Å². The fraction of sp³-hybridized carbons (Fsp3) is 0.286. The summed E-state index contributed by atoms with van der Waals surface area (Å²) in [7, 11) is -3.67. The molecule has 1 atom stereocenters. The molecule has 1 unspecified atom stereocenters. The van der Waals surface area contributed by atoms with Crippen molar-refractivity contribution in [3.05, 3.63) is 89.4 Å². The maximum absolute atomic E-state index is 13.7. The van der Waals surface area contributed by atoms with Gasteiger partial charge in [0.05, 0.1) is 17.1 Å². The van der Waals surface area contributed by atoms with E-state index in [1.54, 1.807) is 35.2 Å². The first-order valence-corrected chi connectivity index (χ1v) is 14.3. The predicted octanol–water partition coefficient (Wildman–Crippen LogP) is 3.85. The number of anilines is 1. The Balaban J connectivity index is 1.26. The molecule has 2 aliphatic heterocycles. The highest BCUT2D eigenvalue weighted by Gasteiger charge is 2.39. The van der Waals surface area contributed by atoms with Gasteiger partial charge in [0.25, 0.3) is 5.91 Å². The van der Waals surface area contributed by atoms with Crippen LogP contribution in [-0.2, 0) is 26.2 Å². The summed E-state index contributed by atoms with van der Waals surface area (Å²) < 4.78 is 33.5. The van der Waals surface area contributed by atoms with Crippen molar-refractivity contribution in [1.29, 1.82) is 0 Å². The maximum atomic E-state index is 13.7. The lowest BCUT2D eigenvalue weighted by Gasteiger charge is -2.38. The van der Waals surface area contributed by atoms with Crippen molar-refractivity contribution in [3.63, 3.8) is 0 Å². The number of nitrogens with zero attached hydrogens (tertiary/aromatic N) is 2. The van der Waals surface area contributed by atoms with Crippen LogP contribution in [0, 0.1) is 5.92 Å². The second kappa shape index (κ2) is 11.1. The average Bonchev–Trinajstić information content (AvgIpc) is 2.95. The molecule has 0 aliphatic carbocycles. The Labute approximate surface area is 227 Å². The van der Waals surface area contributed by atoms with Crippen LogP contribution < -0.4 is 15.0 Å². The van der Waals surface area contributed by atoms with Gasteiger partial charge in [-0.05, 0) is 54.8 Å². The molecule has 1 saturated heterocycles. The minimum absolute atomic E-state index is 0.0831. The Bertz CT molecular complexity index is 1410. The number of sulfonamides is 1. The summed E-state index contributed by atoms with van der Waals surface area (Å²) in [6, 6.07) is 22.8. The van der Waals surface area contributed by atoms with Gasteiger partial charge in [-0.15, -0.1) is 0 Å². The van der Waals surface area contributed by atoms with Crippen molar-refractivity contribution in [2.24, 2.45) is 5.92 Å². The summed E-state index contributed by atoms with van der Waals surface area (Å²) >= 11 is 5.90. The van der Waals surface area contributed by atoms with Crippen LogP contribution in [0.3, 0.4) is 0 Å². The Hall–Kier alpha value is -3.40. The molecule has 198 valence electrons. The predicted molar refractivity (Wildman–Crippen MR) is 144 cm³/mol. The molecule has 2 aliphatic rings. The van der Waals surface area contributed by atoms with E-state index in [2.05, 4.69) is 5.32 Å². The van der Waals surface area contributed by atoms with E-state index < -0.39 is 16.1 Å². The van der Waals surface area contributed by atoms with E-state index in [-0.39, 0.29) is 42.3 Å². The van der Waals surface area contributed by atoms with Gasteiger partial charge >= 0.3 is 0 Å². The number of carbonyl (C=O) groups is 2. The molecule has 8 nitrogen and oxygen atoms in total. The summed E-state index contributed by atoms with van der Waals surface area (Å²) in [5.41, 5.74) is 1.58. The third-order valence-corrected chi connectivity index (χ3v) is 9.06. The van der Waals surface area contributed by atoms with E-state index in [9.17, 15) is 18.0 Å². The van der Waals surface area contributed by atoms with Gasteiger partial charge in [-0.25, -0.2) is 8.42 Å². The van der Waals surface area contributed by atoms with Crippen molar-refractivity contribution < 1.29 is 22.7 Å². The number of halogens is 1. The quantitative estimate of drug-likeness (QED) is 0.500. The van der Waals surface area contributed by atoms with Crippen molar-refractivity contribution in [2.75, 3.05) is 24.5 Å². The van der Waals surface area contributed by atoms with E-state index >= 15 is 0 Å². The molecule has 38 heavy (non-hydrogen) atoms. The molecular weight excluding hydrogens is 526 g/mol. The van der Waals surface area contributed by atoms with Gasteiger partial charge in [-0.2, -0.15) is 4.31 Å². The molecular formula is C28H28ClN3O5S. The highest BCUT2D eigenvalue weighted by atomic mass is 35.5. The van der Waals surface area contributed by atoms with E-state index in [1.165, 1.54) is 16.4 Å². The number of amides is 2. The minimum atomic E-state index is -3.67. The number of para-hydroxylation sites is 2. The third-order valence-electron chi connectivity index (χ3n) is 6.90. The van der Waals surface area contributed by atoms with E-state index in [1.807, 2.05) is 36.4 Å². The molecule has 0 spiro atoms. The Kier molecular flexibility index (Phi) is 7.69. The number of rotatable bonds is 6. The number of hydrogen-bond acceptors (Lipinski definition) is 5. The Morgan fingerprint density at radius 3 is 2.29 bits per heavy atom. The van der Waals surface area contributed by atoms with Gasteiger partial charge in [0, 0.05) is 30.6 Å². The largest absolute Gasteiger partial charge is 0.477 e. The molecule has 0 saturated carbocycles. The lowest BCUT2D eigenvalue weighted by Crippen LogP contribution is -2.53. The van der Waals surface area contributed by atoms with Gasteiger partial charge in [0.2, 0.25) is 15.9 Å². The van der Waals surface area contributed by atoms with E-state index in [4.69, 9.17) is 16.3 Å². The molecule has 1 N–H and O–H groups in total. The molecule has 3 aromatic rings. The number of ether oxygens (including phenoxy) is 1. The van der Waals surface area contributed by atoms with Gasteiger partial charge in [-0.1, -0.05) is 54.1 Å². The lowest BCUT2D eigenvalue weighted by atomic mass is 9.95. The summed E-state index contributed by atoms with van der Waals surface area (Å²) in [6.45, 7) is 0.901. The fourth-order valence-corrected chi connectivity index (χ4v) is 6.39. The van der Waals surface area contributed by atoms with Crippen LogP contribution in [0.5, 0.6) is 5.75 Å². The highest BCUT2D eigenvalue weighted by molar-refractivity contribution is 7.89. The molecule has 0 bridgehead atoms. The minimum Gasteiger partial charge on any atom is -0.477 e. The van der Waals surface area contributed by atoms with Gasteiger partial charge in [0.1, 0.15) is 5.75 Å². The Morgan fingerprint density at radius 2 is 1.58 bits per heavy atom. The normalized spacial score (nSPS) is 18.3. The van der Waals surface area contributed by atoms with Crippen LogP contribution in [-0.4, -0.2) is 50.3 Å². The monoisotopic (exact) mass is 553 g/mol. The zero-order chi connectivity index (χ0) is 26.7. The summed E-state index contributed by atoms with van der Waals surface area (Å²) in [5.74, 6) is -0.337. The highest BCUT2D eigenvalue weighted by Crippen LogP contribution is 2.36. The first-order valence-electron chi connectivity index (χ1n) is 12.5. The SMILES string of the molecule is O=C(NCc1ccccc1)C1CN(C(=O)C2CCN(S(=O)(=O)c3ccc(Cl)cc3)CC2)c2ccccc2O1. The van der Waals surface area contributed by atoms with Crippen LogP contribution in [0.15, 0.2) is 83.8 Å². The van der Waals surface area contributed by atoms with Gasteiger partial charge < -0.3 is 15.0 Å². The first kappa shape index (κ1) is 26.2. The molecule has 0 aromatic heterocycles. The number of benzene rings is 3. The number of fused-ring (bicyclic) bond motifs is 1. The zero-order valence-electron chi connectivity index (χ0n) is 20.6. The van der Waals surface area contributed by atoms with Gasteiger partial charge in [0.15, 0.2) is 6.10 Å². The molecule has 0 radical (unpaired) electrons. The lowest BCUT2D eigenvalue weighted by molar-refractivity contribution is -0.129. The van der Waals surface area contributed by atoms with Crippen molar-refractivity contribution in [3.8, 4) is 5.75 Å². The maximum Gasteiger partial charge on any atom is 0.263 e. The summed E-state index contributed by atoms with van der Waals surface area (Å²) in [5, 5.41) is 3.36. The number of hydrogen-bond donors (Lipinski definition) is 1. The molecule has 3 aromatic carbocycles. The Morgan fingerprint density at radius 1 is 0.921 bits per heavy atom. The third kappa shape index (κ3) is 5.55. The number of piperidine rings is 1. The van der Waals surface area contributed by atoms with Gasteiger partial charge in [-0.3, -0.25) is 9.59 Å². The summed E-state index contributed by atoms with van der Waals surface area (Å²) in [6.07, 6.45) is -0.0885. The van der Waals surface area contributed by atoms with Crippen molar-refractivity contribution in [1.82, 2.24) is 9.62 Å². The van der Waals surface area contributed by atoms with Crippen LogP contribution >= 0.6 is 11.6 Å². The fourth-order valence-electron chi connectivity index (χ4n) is 4.80. The summed E-state index contributed by atoms with van der Waals surface area (Å²) in [4.78, 5) is 28.5. The van der Waals surface area contributed by atoms with Crippen molar-refractivity contribution in [2.45, 2.75) is 30.4 Å². The van der Waals surface area contributed by atoms with Crippen molar-refractivity contribution >= 4 is 39.1 Å². The molecule has 2 heterocycles. The van der Waals surface area contributed by atoms with E-state index in [0.717, 1.165) is 5.56 Å². The standard InChI is InChI=1S/C28H28ClN3O5S/c29-22-10-12-23(13-11-22)38(35,36)31-16-14-21(15-17-31)28(34)32-19-26(37-25-9-5-4-8-24(25)32)27(33)30-18-20-6-2-1-3-7-20/h1-13,21,26H,14-19H2,(H,30,33). The molecule has 2 amide bonds. The first-order chi connectivity index (χ1) is 18.3. The van der Waals surface area contributed by atoms with Crippen LogP contribution in [0.2, 0.25) is 5.02 Å².